The topological polar surface area (TPSA) is 58.6 Å². The first kappa shape index (κ1) is 20.3. The summed E-state index contributed by atoms with van der Waals surface area (Å²) in [7, 11) is 0. The van der Waals surface area contributed by atoms with E-state index in [1.54, 1.807) is 0 Å². The molecule has 1 saturated heterocycles. The summed E-state index contributed by atoms with van der Waals surface area (Å²) in [6.07, 6.45) is 3.00. The maximum Gasteiger partial charge on any atom is 0.260 e. The van der Waals surface area contributed by atoms with Crippen LogP contribution in [-0.4, -0.2) is 42.5 Å². The van der Waals surface area contributed by atoms with Gasteiger partial charge >= 0.3 is 0 Å². The van der Waals surface area contributed by atoms with Crippen LogP contribution in [0.15, 0.2) is 24.3 Å². The summed E-state index contributed by atoms with van der Waals surface area (Å²) < 4.78 is 5.73. The molecule has 1 N–H and O–H groups in total. The Morgan fingerprint density at radius 2 is 1.85 bits per heavy atom. The second-order valence-electron chi connectivity index (χ2n) is 8.21. The molecule has 1 aromatic rings. The van der Waals surface area contributed by atoms with Crippen molar-refractivity contribution in [2.45, 2.75) is 59.4 Å². The average Bonchev–Trinajstić information content (AvgIpc) is 2.58. The van der Waals surface area contributed by atoms with Crippen molar-refractivity contribution in [3.05, 3.63) is 29.8 Å². The number of rotatable bonds is 6. The number of hydrogen-bond acceptors (Lipinski definition) is 3. The van der Waals surface area contributed by atoms with E-state index in [4.69, 9.17) is 4.74 Å². The molecule has 5 nitrogen and oxygen atoms in total. The van der Waals surface area contributed by atoms with Gasteiger partial charge in [0, 0.05) is 25.6 Å². The number of benzene rings is 1. The van der Waals surface area contributed by atoms with Crippen molar-refractivity contribution < 1.29 is 14.3 Å². The fraction of sp³-hybridized carbons (Fsp3) is 0.619. The largest absolute Gasteiger partial charge is 0.483 e. The molecule has 5 heteroatoms. The zero-order valence-corrected chi connectivity index (χ0v) is 16.5. The third kappa shape index (κ3) is 6.36. The van der Waals surface area contributed by atoms with Crippen molar-refractivity contribution in [2.24, 2.45) is 5.41 Å². The van der Waals surface area contributed by atoms with Crippen molar-refractivity contribution in [3.8, 4) is 5.75 Å². The lowest BCUT2D eigenvalue weighted by atomic mass is 9.91. The van der Waals surface area contributed by atoms with Crippen LogP contribution in [0.25, 0.3) is 0 Å². The lowest BCUT2D eigenvalue weighted by Gasteiger charge is -2.33. The fourth-order valence-electron chi connectivity index (χ4n) is 3.20. The molecule has 1 aromatic carbocycles. The van der Waals surface area contributed by atoms with E-state index in [9.17, 15) is 9.59 Å². The molecular weight excluding hydrogens is 328 g/mol. The van der Waals surface area contributed by atoms with Gasteiger partial charge in [0.15, 0.2) is 6.61 Å². The highest BCUT2D eigenvalue weighted by Gasteiger charge is 2.25. The molecule has 1 heterocycles. The Labute approximate surface area is 157 Å². The molecule has 0 atom stereocenters. The van der Waals surface area contributed by atoms with Gasteiger partial charge in [-0.2, -0.15) is 0 Å². The van der Waals surface area contributed by atoms with Crippen molar-refractivity contribution >= 4 is 11.8 Å². The molecule has 0 radical (unpaired) electrons. The van der Waals surface area contributed by atoms with Crippen LogP contribution in [0.2, 0.25) is 0 Å². The third-order valence-corrected chi connectivity index (χ3v) is 4.61. The van der Waals surface area contributed by atoms with E-state index in [1.807, 2.05) is 29.2 Å². The van der Waals surface area contributed by atoms with Crippen LogP contribution < -0.4 is 10.1 Å². The van der Waals surface area contributed by atoms with Gasteiger partial charge in [-0.05, 0) is 36.3 Å². The highest BCUT2D eigenvalue weighted by molar-refractivity contribution is 5.78. The third-order valence-electron chi connectivity index (χ3n) is 4.61. The molecule has 0 saturated carbocycles. The summed E-state index contributed by atoms with van der Waals surface area (Å²) in [6.45, 7) is 9.65. The highest BCUT2D eigenvalue weighted by Crippen LogP contribution is 2.20. The van der Waals surface area contributed by atoms with E-state index >= 15 is 0 Å². The molecule has 0 spiro atoms. The first-order valence-electron chi connectivity index (χ1n) is 9.56. The molecule has 0 aromatic heterocycles. The smallest absolute Gasteiger partial charge is 0.260 e. The van der Waals surface area contributed by atoms with Crippen LogP contribution in [-0.2, 0) is 16.0 Å². The maximum absolute atomic E-state index is 12.4. The van der Waals surface area contributed by atoms with Gasteiger partial charge in [-0.3, -0.25) is 9.59 Å². The normalized spacial score (nSPS) is 15.6. The number of para-hydroxylation sites is 1. The Balaban J connectivity index is 1.75. The van der Waals surface area contributed by atoms with Crippen molar-refractivity contribution in [3.63, 3.8) is 0 Å². The molecule has 1 aliphatic heterocycles. The minimum atomic E-state index is -0.00707. The van der Waals surface area contributed by atoms with Gasteiger partial charge in [0.1, 0.15) is 5.75 Å². The Morgan fingerprint density at radius 3 is 2.46 bits per heavy atom. The van der Waals surface area contributed by atoms with E-state index in [1.165, 1.54) is 0 Å². The quantitative estimate of drug-likeness (QED) is 0.848. The lowest BCUT2D eigenvalue weighted by Crippen LogP contribution is -2.48. The van der Waals surface area contributed by atoms with E-state index in [2.05, 4.69) is 33.0 Å². The molecule has 26 heavy (non-hydrogen) atoms. The fourth-order valence-corrected chi connectivity index (χ4v) is 3.20. The van der Waals surface area contributed by atoms with Gasteiger partial charge in [-0.25, -0.2) is 0 Å². The minimum Gasteiger partial charge on any atom is -0.483 e. The van der Waals surface area contributed by atoms with Crippen LogP contribution in [0.4, 0.5) is 0 Å². The van der Waals surface area contributed by atoms with Crippen molar-refractivity contribution in [2.75, 3.05) is 19.7 Å². The second-order valence-corrected chi connectivity index (χ2v) is 8.21. The van der Waals surface area contributed by atoms with E-state index in [-0.39, 0.29) is 29.9 Å². The zero-order chi connectivity index (χ0) is 19.2. The van der Waals surface area contributed by atoms with Gasteiger partial charge in [-0.15, -0.1) is 0 Å². The number of aryl methyl sites for hydroxylation is 1. The first-order chi connectivity index (χ1) is 12.3. The number of carbonyl (C=O) groups is 2. The number of amides is 2. The van der Waals surface area contributed by atoms with Crippen LogP contribution in [0, 0.1) is 5.41 Å². The maximum atomic E-state index is 12.4. The van der Waals surface area contributed by atoms with Gasteiger partial charge < -0.3 is 15.0 Å². The summed E-state index contributed by atoms with van der Waals surface area (Å²) in [5.74, 6) is 0.893. The Bertz CT molecular complexity index is 614. The van der Waals surface area contributed by atoms with Gasteiger partial charge in [0.25, 0.3) is 5.91 Å². The first-order valence-corrected chi connectivity index (χ1v) is 9.56. The Hall–Kier alpha value is -2.04. The second kappa shape index (κ2) is 9.06. The summed E-state index contributed by atoms with van der Waals surface area (Å²) in [4.78, 5) is 26.3. The lowest BCUT2D eigenvalue weighted by molar-refractivity contribution is -0.134. The van der Waals surface area contributed by atoms with Crippen LogP contribution >= 0.6 is 0 Å². The number of nitrogens with one attached hydrogen (secondary N) is 1. The summed E-state index contributed by atoms with van der Waals surface area (Å²) in [5.41, 5.74) is 1.10. The summed E-state index contributed by atoms with van der Waals surface area (Å²) in [5, 5.41) is 3.10. The molecule has 1 aliphatic rings. The summed E-state index contributed by atoms with van der Waals surface area (Å²) >= 11 is 0. The zero-order valence-electron chi connectivity index (χ0n) is 16.5. The number of hydrogen-bond donors (Lipinski definition) is 1. The average molecular weight is 360 g/mol. The van der Waals surface area contributed by atoms with E-state index < -0.39 is 0 Å². The monoisotopic (exact) mass is 360 g/mol. The predicted octanol–water partition coefficient (Wildman–Crippen LogP) is 3.17. The minimum absolute atomic E-state index is 0.00707. The van der Waals surface area contributed by atoms with Gasteiger partial charge in [0.2, 0.25) is 5.91 Å². The molecule has 2 amide bonds. The molecule has 0 unspecified atom stereocenters. The van der Waals surface area contributed by atoms with Crippen LogP contribution in [0.1, 0.15) is 52.5 Å². The van der Waals surface area contributed by atoms with Gasteiger partial charge in [-0.1, -0.05) is 45.9 Å². The van der Waals surface area contributed by atoms with Crippen molar-refractivity contribution in [1.82, 2.24) is 10.2 Å². The number of piperidine rings is 1. The summed E-state index contributed by atoms with van der Waals surface area (Å²) in [6, 6.07) is 7.99. The highest BCUT2D eigenvalue weighted by atomic mass is 16.5. The number of nitrogens with zero attached hydrogens (tertiary/aromatic N) is 1. The Morgan fingerprint density at radius 1 is 1.19 bits per heavy atom. The van der Waals surface area contributed by atoms with Crippen LogP contribution in [0.5, 0.6) is 5.75 Å². The van der Waals surface area contributed by atoms with E-state index in [0.717, 1.165) is 30.6 Å². The van der Waals surface area contributed by atoms with Gasteiger partial charge in [0.05, 0.1) is 0 Å². The Kier molecular flexibility index (Phi) is 7.06. The van der Waals surface area contributed by atoms with Crippen molar-refractivity contribution in [1.29, 1.82) is 0 Å². The number of ether oxygens (including phenoxy) is 1. The molecular formula is C21H32N2O3. The van der Waals surface area contributed by atoms with Crippen LogP contribution in [0.3, 0.4) is 0 Å². The number of likely N-dealkylation sites (tertiary alicyclic amines) is 1. The molecule has 0 aliphatic carbocycles. The van der Waals surface area contributed by atoms with E-state index in [0.29, 0.717) is 19.5 Å². The molecule has 144 valence electrons. The predicted molar refractivity (Wildman–Crippen MR) is 103 cm³/mol. The molecule has 2 rings (SSSR count). The SMILES string of the molecule is CCc1ccccc1OCC(=O)N1CCC(NC(=O)CC(C)(C)C)CC1. The number of carbonyl (C=O) groups excluding carboxylic acids is 2. The molecule has 0 bridgehead atoms. The standard InChI is InChI=1S/C21H32N2O3/c1-5-16-8-6-7-9-18(16)26-15-20(25)23-12-10-17(11-13-23)22-19(24)14-21(2,3)4/h6-9,17H,5,10-15H2,1-4H3,(H,22,24). The molecule has 1 fully saturated rings.